The Kier molecular flexibility index (Phi) is 2.68. The Hall–Kier alpha value is -2.40. The van der Waals surface area contributed by atoms with E-state index in [9.17, 15) is 4.79 Å². The molecule has 1 N–H and O–H groups in total. The minimum absolute atomic E-state index is 0.1000. The van der Waals surface area contributed by atoms with Crippen LogP contribution in [0, 0.1) is 0 Å². The number of halogens is 1. The molecule has 3 aromatic rings. The number of fused-ring (bicyclic) bond motifs is 1. The van der Waals surface area contributed by atoms with E-state index in [4.69, 9.17) is 16.7 Å². The van der Waals surface area contributed by atoms with E-state index < -0.39 is 5.97 Å². The molecule has 2 aromatic heterocycles. The van der Waals surface area contributed by atoms with Gasteiger partial charge in [0.15, 0.2) is 11.3 Å². The van der Waals surface area contributed by atoms with Crippen molar-refractivity contribution in [3.05, 3.63) is 53.3 Å². The smallest absolute Gasteiger partial charge is 0.354 e. The lowest BCUT2D eigenvalue weighted by atomic mass is 10.2. The summed E-state index contributed by atoms with van der Waals surface area (Å²) in [6, 6.07) is 12.5. The standard InChI is InChI=1S/C13H8ClN3O2/c14-11-6-10(13(18)19)15-12-7-9(16-17(11)12)8-4-2-1-3-5-8/h1-7H,(H,18,19). The van der Waals surface area contributed by atoms with Gasteiger partial charge < -0.3 is 5.11 Å². The molecule has 0 fully saturated rings. The maximum Gasteiger partial charge on any atom is 0.354 e. The highest BCUT2D eigenvalue weighted by Crippen LogP contribution is 2.21. The molecule has 19 heavy (non-hydrogen) atoms. The van der Waals surface area contributed by atoms with Gasteiger partial charge in [0.25, 0.3) is 0 Å². The van der Waals surface area contributed by atoms with Crippen molar-refractivity contribution in [2.45, 2.75) is 0 Å². The molecule has 0 saturated heterocycles. The Labute approximate surface area is 113 Å². The lowest BCUT2D eigenvalue weighted by molar-refractivity contribution is 0.0690. The Morgan fingerprint density at radius 2 is 1.95 bits per heavy atom. The van der Waals surface area contributed by atoms with Gasteiger partial charge in [-0.2, -0.15) is 5.10 Å². The summed E-state index contributed by atoms with van der Waals surface area (Å²) >= 11 is 6.00. The van der Waals surface area contributed by atoms with Crippen LogP contribution >= 0.6 is 11.6 Å². The summed E-state index contributed by atoms with van der Waals surface area (Å²) in [5.74, 6) is -1.12. The second-order valence-corrected chi connectivity index (χ2v) is 4.32. The van der Waals surface area contributed by atoms with E-state index in [2.05, 4.69) is 10.1 Å². The predicted octanol–water partition coefficient (Wildman–Crippen LogP) is 2.75. The topological polar surface area (TPSA) is 67.5 Å². The lowest BCUT2D eigenvalue weighted by Crippen LogP contribution is -2.03. The molecule has 94 valence electrons. The molecule has 0 unspecified atom stereocenters. The third-order valence-electron chi connectivity index (χ3n) is 2.67. The van der Waals surface area contributed by atoms with Crippen LogP contribution in [0.5, 0.6) is 0 Å². The molecule has 1 aromatic carbocycles. The van der Waals surface area contributed by atoms with Crippen LogP contribution in [0.25, 0.3) is 16.9 Å². The highest BCUT2D eigenvalue weighted by Gasteiger charge is 2.12. The van der Waals surface area contributed by atoms with Crippen LogP contribution in [0.1, 0.15) is 10.5 Å². The number of benzene rings is 1. The molecular weight excluding hydrogens is 266 g/mol. The number of nitrogens with zero attached hydrogens (tertiary/aromatic N) is 3. The zero-order valence-electron chi connectivity index (χ0n) is 9.62. The molecule has 3 rings (SSSR count). The minimum Gasteiger partial charge on any atom is -0.477 e. The van der Waals surface area contributed by atoms with Gasteiger partial charge in [-0.1, -0.05) is 41.9 Å². The number of aromatic nitrogens is 3. The summed E-state index contributed by atoms with van der Waals surface area (Å²) in [5, 5.41) is 13.5. The molecule has 5 nitrogen and oxygen atoms in total. The fourth-order valence-corrected chi connectivity index (χ4v) is 2.03. The lowest BCUT2D eigenvalue weighted by Gasteiger charge is -1.98. The van der Waals surface area contributed by atoms with Crippen molar-refractivity contribution in [2.75, 3.05) is 0 Å². The predicted molar refractivity (Wildman–Crippen MR) is 70.4 cm³/mol. The largest absolute Gasteiger partial charge is 0.477 e. The monoisotopic (exact) mass is 273 g/mol. The van der Waals surface area contributed by atoms with E-state index >= 15 is 0 Å². The van der Waals surface area contributed by atoms with Crippen LogP contribution in [0.2, 0.25) is 5.15 Å². The quantitative estimate of drug-likeness (QED) is 0.729. The first kappa shape index (κ1) is 11.7. The molecule has 0 aliphatic carbocycles. The third-order valence-corrected chi connectivity index (χ3v) is 2.94. The first-order valence-corrected chi connectivity index (χ1v) is 5.88. The fourth-order valence-electron chi connectivity index (χ4n) is 1.80. The van der Waals surface area contributed by atoms with Gasteiger partial charge >= 0.3 is 5.97 Å². The number of rotatable bonds is 2. The molecule has 0 aliphatic rings. The van der Waals surface area contributed by atoms with Crippen LogP contribution < -0.4 is 0 Å². The van der Waals surface area contributed by atoms with Crippen molar-refractivity contribution in [2.24, 2.45) is 0 Å². The number of carbonyl (C=O) groups is 1. The van der Waals surface area contributed by atoms with Crippen LogP contribution in [0.3, 0.4) is 0 Å². The first-order chi connectivity index (χ1) is 9.15. The molecule has 0 aliphatic heterocycles. The normalized spacial score (nSPS) is 10.8. The van der Waals surface area contributed by atoms with Crippen molar-refractivity contribution >= 4 is 23.2 Å². The number of aromatic carboxylic acids is 1. The molecule has 0 amide bonds. The van der Waals surface area contributed by atoms with E-state index in [0.29, 0.717) is 11.3 Å². The molecule has 2 heterocycles. The van der Waals surface area contributed by atoms with Crippen molar-refractivity contribution < 1.29 is 9.90 Å². The van der Waals surface area contributed by atoms with E-state index in [1.54, 1.807) is 6.07 Å². The zero-order chi connectivity index (χ0) is 13.4. The van der Waals surface area contributed by atoms with Gasteiger partial charge in [0.1, 0.15) is 5.15 Å². The van der Waals surface area contributed by atoms with Crippen LogP contribution in [-0.4, -0.2) is 25.7 Å². The van der Waals surface area contributed by atoms with E-state index in [0.717, 1.165) is 5.56 Å². The van der Waals surface area contributed by atoms with E-state index in [1.165, 1.54) is 10.6 Å². The van der Waals surface area contributed by atoms with Gasteiger partial charge in [-0.25, -0.2) is 14.3 Å². The van der Waals surface area contributed by atoms with Crippen molar-refractivity contribution in [1.29, 1.82) is 0 Å². The van der Waals surface area contributed by atoms with Crippen LogP contribution in [-0.2, 0) is 0 Å². The first-order valence-electron chi connectivity index (χ1n) is 5.50. The summed E-state index contributed by atoms with van der Waals surface area (Å²) < 4.78 is 1.41. The van der Waals surface area contributed by atoms with Gasteiger partial charge in [-0.05, 0) is 0 Å². The Bertz CT molecular complexity index is 768. The van der Waals surface area contributed by atoms with Gasteiger partial charge in [0.2, 0.25) is 0 Å². The maximum absolute atomic E-state index is 10.9. The van der Waals surface area contributed by atoms with Gasteiger partial charge in [-0.15, -0.1) is 0 Å². The summed E-state index contributed by atoms with van der Waals surface area (Å²) in [6.07, 6.45) is 0. The number of hydrogen-bond acceptors (Lipinski definition) is 3. The fraction of sp³-hybridized carbons (Fsp3) is 0. The third kappa shape index (κ3) is 2.04. The summed E-state index contributed by atoms with van der Waals surface area (Å²) in [6.45, 7) is 0. The number of hydrogen-bond donors (Lipinski definition) is 1. The second kappa shape index (κ2) is 4.37. The zero-order valence-corrected chi connectivity index (χ0v) is 10.4. The average Bonchev–Trinajstić information content (AvgIpc) is 2.84. The minimum atomic E-state index is -1.12. The van der Waals surface area contributed by atoms with Crippen LogP contribution in [0.4, 0.5) is 0 Å². The molecule has 0 radical (unpaired) electrons. The summed E-state index contributed by atoms with van der Waals surface area (Å²) in [4.78, 5) is 14.9. The van der Waals surface area contributed by atoms with Gasteiger partial charge in [0.05, 0.1) is 5.69 Å². The van der Waals surface area contributed by atoms with Gasteiger partial charge in [0, 0.05) is 17.7 Å². The SMILES string of the molecule is O=C(O)c1cc(Cl)n2nc(-c3ccccc3)cc2n1. The Morgan fingerprint density at radius 1 is 1.21 bits per heavy atom. The van der Waals surface area contributed by atoms with Crippen molar-refractivity contribution in [3.63, 3.8) is 0 Å². The van der Waals surface area contributed by atoms with Crippen molar-refractivity contribution in [3.8, 4) is 11.3 Å². The van der Waals surface area contributed by atoms with Gasteiger partial charge in [-0.3, -0.25) is 0 Å². The molecule has 0 atom stereocenters. The molecular formula is C13H8ClN3O2. The van der Waals surface area contributed by atoms with Crippen molar-refractivity contribution in [1.82, 2.24) is 14.6 Å². The Morgan fingerprint density at radius 3 is 2.63 bits per heavy atom. The summed E-state index contributed by atoms with van der Waals surface area (Å²) in [5.41, 5.74) is 1.92. The maximum atomic E-state index is 10.9. The Balaban J connectivity index is 2.21. The average molecular weight is 274 g/mol. The number of carboxylic acid groups (broad SMARTS) is 1. The highest BCUT2D eigenvalue weighted by molar-refractivity contribution is 6.30. The van der Waals surface area contributed by atoms with Crippen LogP contribution in [0.15, 0.2) is 42.5 Å². The number of carboxylic acids is 1. The second-order valence-electron chi connectivity index (χ2n) is 3.93. The molecule has 0 bridgehead atoms. The van der Waals surface area contributed by atoms with E-state index in [-0.39, 0.29) is 10.8 Å². The highest BCUT2D eigenvalue weighted by atomic mass is 35.5. The van der Waals surface area contributed by atoms with E-state index in [1.807, 2.05) is 30.3 Å². The molecule has 6 heteroatoms. The molecule has 0 saturated carbocycles. The summed E-state index contributed by atoms with van der Waals surface area (Å²) in [7, 11) is 0. The molecule has 0 spiro atoms.